The summed E-state index contributed by atoms with van der Waals surface area (Å²) >= 11 is 0. The van der Waals surface area contributed by atoms with E-state index in [0.29, 0.717) is 0 Å². The second-order valence-electron chi connectivity index (χ2n) is 9.64. The van der Waals surface area contributed by atoms with Crippen LogP contribution >= 0.6 is 0 Å². The van der Waals surface area contributed by atoms with Crippen LogP contribution in [0.5, 0.6) is 0 Å². The fourth-order valence-corrected chi connectivity index (χ4v) is 4.94. The van der Waals surface area contributed by atoms with Gasteiger partial charge in [0.05, 0.1) is 0 Å². The summed E-state index contributed by atoms with van der Waals surface area (Å²) in [6, 6.07) is 45.8. The third-order valence-electron chi connectivity index (χ3n) is 6.77. The van der Waals surface area contributed by atoms with Gasteiger partial charge in [-0.05, 0) is 54.1 Å². The molecule has 182 valence electrons. The van der Waals surface area contributed by atoms with E-state index in [1.54, 1.807) is 0 Å². The molecule has 0 heterocycles. The highest BCUT2D eigenvalue weighted by Gasteiger charge is 2.21. The van der Waals surface area contributed by atoms with Crippen molar-refractivity contribution in [1.29, 1.82) is 0 Å². The summed E-state index contributed by atoms with van der Waals surface area (Å²) in [5, 5.41) is 2.51. The van der Waals surface area contributed by atoms with Crippen molar-refractivity contribution in [2.75, 3.05) is 11.4 Å². The van der Waals surface area contributed by atoms with E-state index in [9.17, 15) is 0 Å². The summed E-state index contributed by atoms with van der Waals surface area (Å²) in [5.74, 6) is 0.221. The Kier molecular flexibility index (Phi) is 7.62. The minimum absolute atomic E-state index is 0.221. The predicted molar refractivity (Wildman–Crippen MR) is 161 cm³/mol. The van der Waals surface area contributed by atoms with Gasteiger partial charge in [-0.1, -0.05) is 133 Å². The van der Waals surface area contributed by atoms with Gasteiger partial charge in [0, 0.05) is 29.2 Å². The Morgan fingerprint density at radius 3 is 1.76 bits per heavy atom. The van der Waals surface area contributed by atoms with Crippen LogP contribution in [0.1, 0.15) is 36.5 Å². The molecule has 0 radical (unpaired) electrons. The summed E-state index contributed by atoms with van der Waals surface area (Å²) in [4.78, 5) is 2.48. The van der Waals surface area contributed by atoms with Crippen molar-refractivity contribution >= 4 is 28.2 Å². The molecular weight excluding hydrogens is 446 g/mol. The molecule has 0 fully saturated rings. The van der Waals surface area contributed by atoms with E-state index in [-0.39, 0.29) is 5.92 Å². The average molecular weight is 480 g/mol. The Bertz CT molecular complexity index is 1450. The fraction of sp³-hybridized carbons (Fsp3) is 0.111. The first-order valence-electron chi connectivity index (χ1n) is 13.0. The van der Waals surface area contributed by atoms with Gasteiger partial charge in [0.25, 0.3) is 0 Å². The van der Waals surface area contributed by atoms with E-state index in [1.807, 2.05) is 0 Å². The maximum Gasteiger partial charge on any atom is 0.0491 e. The standard InChI is InChI=1S/C36H33N/c1-28(2)15-14-20-31-25-26-36(34-24-13-12-23-33(31)34)37(32-21-10-5-11-22-32)27-35(29-16-6-3-7-17-29)30-18-8-4-9-19-30/h3-26,35H,27H2,1-2H3. The van der Waals surface area contributed by atoms with E-state index >= 15 is 0 Å². The third kappa shape index (κ3) is 5.73. The van der Waals surface area contributed by atoms with E-state index in [0.717, 1.165) is 6.54 Å². The van der Waals surface area contributed by atoms with E-state index in [2.05, 4.69) is 164 Å². The highest BCUT2D eigenvalue weighted by atomic mass is 15.1. The van der Waals surface area contributed by atoms with Crippen LogP contribution in [0.15, 0.2) is 145 Å². The molecule has 0 atom stereocenters. The second kappa shape index (κ2) is 11.6. The molecule has 0 saturated carbocycles. The molecule has 5 rings (SSSR count). The molecule has 0 unspecified atom stereocenters. The van der Waals surface area contributed by atoms with Gasteiger partial charge in [0.1, 0.15) is 0 Å². The van der Waals surface area contributed by atoms with E-state index in [4.69, 9.17) is 0 Å². The summed E-state index contributed by atoms with van der Waals surface area (Å²) in [6.45, 7) is 5.08. The number of nitrogens with zero attached hydrogens (tertiary/aromatic N) is 1. The zero-order valence-corrected chi connectivity index (χ0v) is 21.6. The first-order valence-corrected chi connectivity index (χ1v) is 13.0. The van der Waals surface area contributed by atoms with Crippen molar-refractivity contribution in [3.8, 4) is 0 Å². The Morgan fingerprint density at radius 2 is 1.16 bits per heavy atom. The van der Waals surface area contributed by atoms with E-state index in [1.165, 1.54) is 44.4 Å². The molecule has 5 aromatic rings. The van der Waals surface area contributed by atoms with Gasteiger partial charge in [-0.25, -0.2) is 0 Å². The summed E-state index contributed by atoms with van der Waals surface area (Å²) in [7, 11) is 0. The molecule has 0 bridgehead atoms. The molecule has 0 spiro atoms. The normalized spacial score (nSPS) is 11.2. The molecule has 5 aromatic carbocycles. The third-order valence-corrected chi connectivity index (χ3v) is 6.77. The van der Waals surface area contributed by atoms with Crippen LogP contribution in [0.25, 0.3) is 16.8 Å². The molecule has 0 amide bonds. The molecule has 1 nitrogen and oxygen atoms in total. The molecule has 0 aliphatic heterocycles. The largest absolute Gasteiger partial charge is 0.340 e. The van der Waals surface area contributed by atoms with Crippen molar-refractivity contribution in [3.63, 3.8) is 0 Å². The maximum atomic E-state index is 2.48. The number of fused-ring (bicyclic) bond motifs is 1. The van der Waals surface area contributed by atoms with E-state index < -0.39 is 0 Å². The van der Waals surface area contributed by atoms with Gasteiger partial charge in [-0.15, -0.1) is 0 Å². The van der Waals surface area contributed by atoms with Crippen LogP contribution in [-0.2, 0) is 0 Å². The zero-order chi connectivity index (χ0) is 25.5. The van der Waals surface area contributed by atoms with Crippen LogP contribution in [0, 0.1) is 0 Å². The molecule has 1 heteroatoms. The monoisotopic (exact) mass is 479 g/mol. The first kappa shape index (κ1) is 24.3. The van der Waals surface area contributed by atoms with Crippen molar-refractivity contribution in [2.24, 2.45) is 0 Å². The predicted octanol–water partition coefficient (Wildman–Crippen LogP) is 9.79. The highest BCUT2D eigenvalue weighted by molar-refractivity contribution is 6.01. The van der Waals surface area contributed by atoms with Crippen LogP contribution in [-0.4, -0.2) is 6.54 Å². The summed E-state index contributed by atoms with van der Waals surface area (Å²) in [5.41, 5.74) is 7.57. The van der Waals surface area contributed by atoms with Crippen molar-refractivity contribution in [2.45, 2.75) is 19.8 Å². The second-order valence-corrected chi connectivity index (χ2v) is 9.64. The first-order chi connectivity index (χ1) is 18.2. The Morgan fingerprint density at radius 1 is 0.622 bits per heavy atom. The number of para-hydroxylation sites is 1. The lowest BCUT2D eigenvalue weighted by Crippen LogP contribution is -2.25. The Hall–Kier alpha value is -4.36. The Balaban J connectivity index is 1.65. The van der Waals surface area contributed by atoms with Crippen molar-refractivity contribution < 1.29 is 0 Å². The number of hydrogen-bond acceptors (Lipinski definition) is 1. The minimum atomic E-state index is 0.221. The number of allylic oxidation sites excluding steroid dienone is 3. The van der Waals surface area contributed by atoms with Gasteiger partial charge >= 0.3 is 0 Å². The van der Waals surface area contributed by atoms with Crippen molar-refractivity contribution in [3.05, 3.63) is 162 Å². The summed E-state index contributed by atoms with van der Waals surface area (Å²) in [6.07, 6.45) is 6.51. The van der Waals surface area contributed by atoms with Crippen LogP contribution in [0.3, 0.4) is 0 Å². The molecule has 0 aliphatic rings. The lowest BCUT2D eigenvalue weighted by molar-refractivity contribution is 0.794. The topological polar surface area (TPSA) is 3.24 Å². The minimum Gasteiger partial charge on any atom is -0.340 e. The molecule has 37 heavy (non-hydrogen) atoms. The molecule has 0 saturated heterocycles. The van der Waals surface area contributed by atoms with Gasteiger partial charge in [0.15, 0.2) is 0 Å². The number of hydrogen-bond donors (Lipinski definition) is 0. The van der Waals surface area contributed by atoms with Crippen LogP contribution < -0.4 is 4.90 Å². The van der Waals surface area contributed by atoms with Crippen LogP contribution in [0.2, 0.25) is 0 Å². The molecule has 0 aliphatic carbocycles. The lowest BCUT2D eigenvalue weighted by atomic mass is 9.90. The molecule has 0 aromatic heterocycles. The molecule has 0 N–H and O–H groups in total. The summed E-state index contributed by atoms with van der Waals surface area (Å²) < 4.78 is 0. The quantitative estimate of drug-likeness (QED) is 0.200. The van der Waals surface area contributed by atoms with Gasteiger partial charge in [-0.3, -0.25) is 0 Å². The average Bonchev–Trinajstić information content (AvgIpc) is 2.95. The SMILES string of the molecule is CC(C)=CC=Cc1ccc(N(CC(c2ccccc2)c2ccccc2)c2ccccc2)c2ccccc12. The van der Waals surface area contributed by atoms with Gasteiger partial charge in [-0.2, -0.15) is 0 Å². The lowest BCUT2D eigenvalue weighted by Gasteiger charge is -2.31. The smallest absolute Gasteiger partial charge is 0.0491 e. The highest BCUT2D eigenvalue weighted by Crippen LogP contribution is 2.37. The maximum absolute atomic E-state index is 2.48. The van der Waals surface area contributed by atoms with Crippen molar-refractivity contribution in [1.82, 2.24) is 0 Å². The Labute approximate surface area is 221 Å². The fourth-order valence-electron chi connectivity index (χ4n) is 4.94. The van der Waals surface area contributed by atoms with Gasteiger partial charge in [0.2, 0.25) is 0 Å². The zero-order valence-electron chi connectivity index (χ0n) is 21.6. The van der Waals surface area contributed by atoms with Gasteiger partial charge < -0.3 is 4.90 Å². The number of anilines is 2. The number of benzene rings is 5. The molecular formula is C36H33N. The number of rotatable bonds is 8. The van der Waals surface area contributed by atoms with Crippen LogP contribution in [0.4, 0.5) is 11.4 Å².